The Labute approximate surface area is 67.5 Å². The van der Waals surface area contributed by atoms with E-state index in [1.54, 1.807) is 7.05 Å². The maximum Gasteiger partial charge on any atom is 0.151 e. The lowest BCUT2D eigenvalue weighted by atomic mass is 10.3. The Kier molecular flexibility index (Phi) is 3.62. The minimum absolute atomic E-state index is 0. The van der Waals surface area contributed by atoms with Crippen LogP contribution in [0.25, 0.3) is 0 Å². The van der Waals surface area contributed by atoms with Gasteiger partial charge in [-0.3, -0.25) is 0 Å². The minimum atomic E-state index is -2.67. The van der Waals surface area contributed by atoms with Gasteiger partial charge in [0, 0.05) is 6.04 Å². The topological polar surface area (TPSA) is 46.2 Å². The van der Waals surface area contributed by atoms with Crippen molar-refractivity contribution in [3.63, 3.8) is 0 Å². The molecule has 1 N–H and O–H groups in total. The van der Waals surface area contributed by atoms with Crippen LogP contribution in [0, 0.1) is 0 Å². The molecule has 0 aromatic carbocycles. The Morgan fingerprint density at radius 3 is 2.30 bits per heavy atom. The molecule has 62 valence electrons. The highest BCUT2D eigenvalue weighted by Crippen LogP contribution is 2.09. The Balaban J connectivity index is 0.000000810. The summed E-state index contributed by atoms with van der Waals surface area (Å²) in [5.41, 5.74) is 0. The summed E-state index contributed by atoms with van der Waals surface area (Å²) < 4.78 is 21.5. The average Bonchev–Trinajstić information content (AvgIpc) is 2.10. The van der Waals surface area contributed by atoms with Crippen LogP contribution < -0.4 is 5.32 Å². The largest absolute Gasteiger partial charge is 0.316 e. The Hall–Kier alpha value is 0.200. The van der Waals surface area contributed by atoms with Gasteiger partial charge in [-0.25, -0.2) is 8.42 Å². The first-order valence-electron chi connectivity index (χ1n) is 3.02. The van der Waals surface area contributed by atoms with Crippen molar-refractivity contribution in [2.75, 3.05) is 18.6 Å². The van der Waals surface area contributed by atoms with Crippen LogP contribution in [0.15, 0.2) is 0 Å². The van der Waals surface area contributed by atoms with Gasteiger partial charge in [0.25, 0.3) is 0 Å². The molecular formula is C5H12ClNO2S. The van der Waals surface area contributed by atoms with Crippen molar-refractivity contribution in [3.05, 3.63) is 0 Å². The second-order valence-corrected chi connectivity index (χ2v) is 4.62. The van der Waals surface area contributed by atoms with Gasteiger partial charge in [0.15, 0.2) is 9.84 Å². The zero-order valence-electron chi connectivity index (χ0n) is 5.83. The van der Waals surface area contributed by atoms with Crippen LogP contribution in [0.3, 0.4) is 0 Å². The molecular weight excluding hydrogens is 174 g/mol. The molecule has 0 aliphatic carbocycles. The molecule has 1 saturated heterocycles. The Bertz CT molecular complexity index is 190. The molecule has 0 bridgehead atoms. The predicted molar refractivity (Wildman–Crippen MR) is 43.4 cm³/mol. The highest BCUT2D eigenvalue weighted by atomic mass is 35.5. The summed E-state index contributed by atoms with van der Waals surface area (Å²) in [7, 11) is -0.873. The van der Waals surface area contributed by atoms with Crippen LogP contribution in [0.1, 0.15) is 6.42 Å². The molecule has 0 radical (unpaired) electrons. The van der Waals surface area contributed by atoms with E-state index in [1.807, 2.05) is 0 Å². The lowest BCUT2D eigenvalue weighted by Crippen LogP contribution is -2.25. The zero-order chi connectivity index (χ0) is 6.91. The monoisotopic (exact) mass is 185 g/mol. The number of rotatable bonds is 1. The van der Waals surface area contributed by atoms with E-state index in [1.165, 1.54) is 0 Å². The van der Waals surface area contributed by atoms with E-state index in [2.05, 4.69) is 5.32 Å². The maximum atomic E-state index is 10.8. The number of hydrogen-bond acceptors (Lipinski definition) is 3. The summed E-state index contributed by atoms with van der Waals surface area (Å²) in [5.74, 6) is 0.683. The molecule has 3 nitrogen and oxygen atoms in total. The summed E-state index contributed by atoms with van der Waals surface area (Å²) in [4.78, 5) is 0. The van der Waals surface area contributed by atoms with Gasteiger partial charge in [0.1, 0.15) is 0 Å². The van der Waals surface area contributed by atoms with Crippen molar-refractivity contribution in [3.8, 4) is 0 Å². The van der Waals surface area contributed by atoms with Crippen molar-refractivity contribution in [1.29, 1.82) is 0 Å². The maximum absolute atomic E-state index is 10.8. The third-order valence-electron chi connectivity index (χ3n) is 1.64. The number of hydrogen-bond donors (Lipinski definition) is 1. The van der Waals surface area contributed by atoms with Crippen LogP contribution in [-0.2, 0) is 9.84 Å². The molecule has 1 aliphatic heterocycles. The van der Waals surface area contributed by atoms with Crippen molar-refractivity contribution in [1.82, 2.24) is 5.32 Å². The first kappa shape index (κ1) is 10.2. The molecule has 0 amide bonds. The van der Waals surface area contributed by atoms with Crippen LogP contribution in [0.4, 0.5) is 0 Å². The second-order valence-electron chi connectivity index (χ2n) is 2.39. The van der Waals surface area contributed by atoms with E-state index < -0.39 is 9.84 Å². The smallest absolute Gasteiger partial charge is 0.151 e. The first-order valence-corrected chi connectivity index (χ1v) is 4.84. The van der Waals surface area contributed by atoms with Crippen LogP contribution in [0.5, 0.6) is 0 Å². The van der Waals surface area contributed by atoms with Gasteiger partial charge in [0.2, 0.25) is 0 Å². The van der Waals surface area contributed by atoms with Gasteiger partial charge < -0.3 is 5.32 Å². The van der Waals surface area contributed by atoms with E-state index in [4.69, 9.17) is 0 Å². The molecule has 1 fully saturated rings. The van der Waals surface area contributed by atoms with Crippen LogP contribution >= 0.6 is 12.4 Å². The molecule has 1 atom stereocenters. The molecule has 10 heavy (non-hydrogen) atoms. The fourth-order valence-electron chi connectivity index (χ4n) is 1.02. The van der Waals surface area contributed by atoms with E-state index in [9.17, 15) is 8.42 Å². The first-order chi connectivity index (χ1) is 4.14. The minimum Gasteiger partial charge on any atom is -0.316 e. The summed E-state index contributed by atoms with van der Waals surface area (Å²) in [6.45, 7) is 0. The predicted octanol–water partition coefficient (Wildman–Crippen LogP) is -0.185. The normalized spacial score (nSPS) is 29.5. The SMILES string of the molecule is CNC1CCS(=O)(=O)C1.Cl. The molecule has 1 aliphatic rings. The van der Waals surface area contributed by atoms with E-state index in [0.29, 0.717) is 11.5 Å². The van der Waals surface area contributed by atoms with Gasteiger partial charge in [-0.15, -0.1) is 12.4 Å². The quantitative estimate of drug-likeness (QED) is 0.617. The summed E-state index contributed by atoms with van der Waals surface area (Å²) in [5, 5.41) is 2.94. The molecule has 1 unspecified atom stereocenters. The summed E-state index contributed by atoms with van der Waals surface area (Å²) in [6.07, 6.45) is 0.777. The molecule has 5 heteroatoms. The van der Waals surface area contributed by atoms with Crippen molar-refractivity contribution < 1.29 is 8.42 Å². The highest BCUT2D eigenvalue weighted by Gasteiger charge is 2.25. The lowest BCUT2D eigenvalue weighted by Gasteiger charge is -2.01. The fourth-order valence-corrected chi connectivity index (χ4v) is 2.78. The summed E-state index contributed by atoms with van der Waals surface area (Å²) in [6, 6.07) is 0.204. The number of halogens is 1. The van der Waals surface area contributed by atoms with Gasteiger partial charge in [-0.1, -0.05) is 0 Å². The second kappa shape index (κ2) is 3.55. The molecule has 0 spiro atoms. The van der Waals surface area contributed by atoms with Crippen molar-refractivity contribution in [2.45, 2.75) is 12.5 Å². The standard InChI is InChI=1S/C5H11NO2S.ClH/c1-6-5-2-3-9(7,8)4-5;/h5-6H,2-4H2,1H3;1H. The van der Waals surface area contributed by atoms with E-state index >= 15 is 0 Å². The zero-order valence-corrected chi connectivity index (χ0v) is 7.46. The fraction of sp³-hybridized carbons (Fsp3) is 1.00. The van der Waals surface area contributed by atoms with Gasteiger partial charge >= 0.3 is 0 Å². The molecule has 1 rings (SSSR count). The summed E-state index contributed by atoms with van der Waals surface area (Å²) >= 11 is 0. The highest BCUT2D eigenvalue weighted by molar-refractivity contribution is 7.91. The van der Waals surface area contributed by atoms with E-state index in [-0.39, 0.29) is 18.4 Å². The number of sulfone groups is 1. The van der Waals surface area contributed by atoms with Gasteiger partial charge in [-0.2, -0.15) is 0 Å². The van der Waals surface area contributed by atoms with E-state index in [0.717, 1.165) is 6.42 Å². The van der Waals surface area contributed by atoms with Crippen molar-refractivity contribution >= 4 is 22.2 Å². The molecule has 0 saturated carbocycles. The number of nitrogens with one attached hydrogen (secondary N) is 1. The van der Waals surface area contributed by atoms with Crippen LogP contribution in [0.2, 0.25) is 0 Å². The third-order valence-corrected chi connectivity index (χ3v) is 3.41. The average molecular weight is 186 g/mol. The Morgan fingerprint density at radius 1 is 1.50 bits per heavy atom. The molecule has 0 aromatic heterocycles. The Morgan fingerprint density at radius 2 is 2.10 bits per heavy atom. The lowest BCUT2D eigenvalue weighted by molar-refractivity contribution is 0.596. The van der Waals surface area contributed by atoms with Gasteiger partial charge in [-0.05, 0) is 13.5 Å². The van der Waals surface area contributed by atoms with Gasteiger partial charge in [0.05, 0.1) is 11.5 Å². The molecule has 0 aromatic rings. The third kappa shape index (κ3) is 2.44. The van der Waals surface area contributed by atoms with Crippen LogP contribution in [-0.4, -0.2) is 33.0 Å². The molecule has 1 heterocycles. The van der Waals surface area contributed by atoms with Crippen molar-refractivity contribution in [2.24, 2.45) is 0 Å².